The number of imide groups is 1. The maximum atomic E-state index is 12.4. The molecule has 8 nitrogen and oxygen atoms in total. The summed E-state index contributed by atoms with van der Waals surface area (Å²) in [6.07, 6.45) is 1.59. The third-order valence-electron chi connectivity index (χ3n) is 5.97. The fraction of sp³-hybridized carbons (Fsp3) is 0.609. The van der Waals surface area contributed by atoms with E-state index in [1.165, 1.54) is 4.90 Å². The number of amides is 2. The maximum Gasteiger partial charge on any atom is 0.261 e. The van der Waals surface area contributed by atoms with Crippen molar-refractivity contribution in [1.82, 2.24) is 20.4 Å². The summed E-state index contributed by atoms with van der Waals surface area (Å²) in [5, 5.41) is 6.78. The number of nitrogens with one attached hydrogen (secondary N) is 2. The van der Waals surface area contributed by atoms with Crippen LogP contribution in [0.3, 0.4) is 0 Å². The lowest BCUT2D eigenvalue weighted by atomic mass is 10.0. The van der Waals surface area contributed by atoms with Gasteiger partial charge in [-0.05, 0) is 30.9 Å². The first kappa shape index (κ1) is 23.2. The van der Waals surface area contributed by atoms with Crippen LogP contribution in [-0.2, 0) is 4.74 Å². The third-order valence-corrected chi connectivity index (χ3v) is 5.97. The summed E-state index contributed by atoms with van der Waals surface area (Å²) in [5.74, 6) is 0.936. The third kappa shape index (κ3) is 5.83. The number of benzene rings is 1. The van der Waals surface area contributed by atoms with Crippen LogP contribution in [0.1, 0.15) is 47.4 Å². The molecule has 2 aliphatic heterocycles. The molecule has 8 heteroatoms. The van der Waals surface area contributed by atoms with Gasteiger partial charge in [0.25, 0.3) is 11.8 Å². The van der Waals surface area contributed by atoms with E-state index in [-0.39, 0.29) is 11.8 Å². The number of aliphatic imine (C=N–C) groups is 1. The number of rotatable bonds is 9. The number of hydrogen-bond acceptors (Lipinski definition) is 5. The molecule has 1 saturated heterocycles. The highest BCUT2D eigenvalue weighted by Gasteiger charge is 2.34. The molecule has 0 radical (unpaired) electrons. The molecule has 1 aromatic rings. The topological polar surface area (TPSA) is 86.3 Å². The summed E-state index contributed by atoms with van der Waals surface area (Å²) in [7, 11) is 1.77. The van der Waals surface area contributed by atoms with Crippen LogP contribution in [0.25, 0.3) is 0 Å². The predicted molar refractivity (Wildman–Crippen MR) is 121 cm³/mol. The quantitative estimate of drug-likeness (QED) is 0.268. The predicted octanol–water partition coefficient (Wildman–Crippen LogP) is 1.58. The van der Waals surface area contributed by atoms with Crippen LogP contribution in [0.2, 0.25) is 0 Å². The number of morpholine rings is 1. The van der Waals surface area contributed by atoms with Crippen molar-refractivity contribution in [3.63, 3.8) is 0 Å². The van der Waals surface area contributed by atoms with Gasteiger partial charge in [-0.25, -0.2) is 0 Å². The Balaban J connectivity index is 1.37. The van der Waals surface area contributed by atoms with Gasteiger partial charge in [-0.2, -0.15) is 0 Å². The SMILES string of the molecule is CN=C(NCCCCN1C(=O)c2ccccc2C1=O)NCC(C(C)C)N1CCOCC1. The van der Waals surface area contributed by atoms with Crippen molar-refractivity contribution < 1.29 is 14.3 Å². The number of fused-ring (bicyclic) bond motifs is 1. The lowest BCUT2D eigenvalue weighted by molar-refractivity contribution is 0.00752. The minimum atomic E-state index is -0.186. The number of nitrogens with zero attached hydrogens (tertiary/aromatic N) is 3. The molecule has 31 heavy (non-hydrogen) atoms. The highest BCUT2D eigenvalue weighted by atomic mass is 16.5. The van der Waals surface area contributed by atoms with Gasteiger partial charge in [0.2, 0.25) is 0 Å². The average Bonchev–Trinajstić information content (AvgIpc) is 3.03. The molecular weight excluding hydrogens is 394 g/mol. The molecule has 0 aliphatic carbocycles. The zero-order valence-corrected chi connectivity index (χ0v) is 18.9. The summed E-state index contributed by atoms with van der Waals surface area (Å²) >= 11 is 0. The van der Waals surface area contributed by atoms with E-state index < -0.39 is 0 Å². The largest absolute Gasteiger partial charge is 0.379 e. The molecule has 1 aromatic carbocycles. The summed E-state index contributed by atoms with van der Waals surface area (Å²) in [5.41, 5.74) is 1.02. The molecule has 2 amide bonds. The van der Waals surface area contributed by atoms with Crippen molar-refractivity contribution in [3.05, 3.63) is 35.4 Å². The molecule has 170 valence electrons. The molecule has 0 saturated carbocycles. The second kappa shape index (κ2) is 11.2. The van der Waals surface area contributed by atoms with Crippen LogP contribution in [0, 0.1) is 5.92 Å². The summed E-state index contributed by atoms with van der Waals surface area (Å²) < 4.78 is 5.48. The van der Waals surface area contributed by atoms with Crippen molar-refractivity contribution >= 4 is 17.8 Å². The van der Waals surface area contributed by atoms with E-state index in [2.05, 4.69) is 34.4 Å². The summed E-state index contributed by atoms with van der Waals surface area (Å²) in [4.78, 5) is 33.0. The maximum absolute atomic E-state index is 12.4. The number of unbranched alkanes of at least 4 members (excludes halogenated alkanes) is 1. The highest BCUT2D eigenvalue weighted by molar-refractivity contribution is 6.21. The van der Waals surface area contributed by atoms with Gasteiger partial charge in [0.1, 0.15) is 0 Å². The Hall–Kier alpha value is -2.45. The summed E-state index contributed by atoms with van der Waals surface area (Å²) in [6.45, 7) is 10.0. The van der Waals surface area contributed by atoms with Gasteiger partial charge >= 0.3 is 0 Å². The van der Waals surface area contributed by atoms with Gasteiger partial charge in [-0.3, -0.25) is 24.4 Å². The van der Waals surface area contributed by atoms with Crippen LogP contribution in [0.15, 0.2) is 29.3 Å². The van der Waals surface area contributed by atoms with Gasteiger partial charge in [-0.15, -0.1) is 0 Å². The molecule has 1 atom stereocenters. The number of guanidine groups is 1. The molecule has 0 aromatic heterocycles. The molecule has 1 fully saturated rings. The Morgan fingerprint density at radius 2 is 1.71 bits per heavy atom. The van der Waals surface area contributed by atoms with Crippen LogP contribution >= 0.6 is 0 Å². The van der Waals surface area contributed by atoms with E-state index in [0.29, 0.717) is 29.6 Å². The van der Waals surface area contributed by atoms with Gasteiger partial charge < -0.3 is 15.4 Å². The Labute approximate surface area is 185 Å². The number of carbonyl (C=O) groups excluding carboxylic acids is 2. The molecule has 1 unspecified atom stereocenters. The number of hydrogen-bond donors (Lipinski definition) is 2. The Kier molecular flexibility index (Phi) is 8.43. The second-order valence-corrected chi connectivity index (χ2v) is 8.35. The molecule has 2 N–H and O–H groups in total. The smallest absolute Gasteiger partial charge is 0.261 e. The van der Waals surface area contributed by atoms with E-state index in [1.54, 1.807) is 31.3 Å². The average molecular weight is 430 g/mol. The van der Waals surface area contributed by atoms with Gasteiger partial charge in [0.05, 0.1) is 24.3 Å². The van der Waals surface area contributed by atoms with Crippen molar-refractivity contribution in [2.24, 2.45) is 10.9 Å². The van der Waals surface area contributed by atoms with Crippen molar-refractivity contribution in [2.75, 3.05) is 53.0 Å². The van der Waals surface area contributed by atoms with Crippen LogP contribution in [0.4, 0.5) is 0 Å². The van der Waals surface area contributed by atoms with Gasteiger partial charge in [-0.1, -0.05) is 26.0 Å². The fourth-order valence-electron chi connectivity index (χ4n) is 4.16. The first-order valence-corrected chi connectivity index (χ1v) is 11.2. The van der Waals surface area contributed by atoms with Crippen LogP contribution in [0.5, 0.6) is 0 Å². The molecule has 0 bridgehead atoms. The lowest BCUT2D eigenvalue weighted by Crippen LogP contribution is -2.52. The summed E-state index contributed by atoms with van der Waals surface area (Å²) in [6, 6.07) is 7.44. The number of carbonyl (C=O) groups is 2. The molecule has 0 spiro atoms. The molecule has 2 heterocycles. The van der Waals surface area contributed by atoms with Gasteiger partial charge in [0.15, 0.2) is 5.96 Å². The van der Waals surface area contributed by atoms with E-state index in [4.69, 9.17) is 4.74 Å². The second-order valence-electron chi connectivity index (χ2n) is 8.35. The van der Waals surface area contributed by atoms with Gasteiger partial charge in [0, 0.05) is 45.8 Å². The minimum Gasteiger partial charge on any atom is -0.379 e. The van der Waals surface area contributed by atoms with Crippen molar-refractivity contribution in [3.8, 4) is 0 Å². The van der Waals surface area contributed by atoms with Crippen molar-refractivity contribution in [2.45, 2.75) is 32.7 Å². The fourth-order valence-corrected chi connectivity index (χ4v) is 4.16. The van der Waals surface area contributed by atoms with Crippen LogP contribution in [-0.4, -0.2) is 86.6 Å². The van der Waals surface area contributed by atoms with Crippen molar-refractivity contribution in [1.29, 1.82) is 0 Å². The Morgan fingerprint density at radius 3 is 2.29 bits per heavy atom. The first-order valence-electron chi connectivity index (χ1n) is 11.2. The van der Waals surface area contributed by atoms with E-state index in [0.717, 1.165) is 58.2 Å². The zero-order valence-electron chi connectivity index (χ0n) is 18.9. The van der Waals surface area contributed by atoms with E-state index >= 15 is 0 Å². The number of ether oxygens (including phenoxy) is 1. The Bertz CT molecular complexity index is 754. The van der Waals surface area contributed by atoms with E-state index in [1.807, 2.05) is 0 Å². The van der Waals surface area contributed by atoms with E-state index in [9.17, 15) is 9.59 Å². The zero-order chi connectivity index (χ0) is 22.2. The first-order chi connectivity index (χ1) is 15.0. The molecule has 2 aliphatic rings. The normalized spacial score (nSPS) is 18.5. The minimum absolute atomic E-state index is 0.186. The molecule has 3 rings (SSSR count). The highest BCUT2D eigenvalue weighted by Crippen LogP contribution is 2.22. The van der Waals surface area contributed by atoms with Crippen LogP contribution < -0.4 is 10.6 Å². The lowest BCUT2D eigenvalue weighted by Gasteiger charge is -2.37. The monoisotopic (exact) mass is 429 g/mol. The Morgan fingerprint density at radius 1 is 1.06 bits per heavy atom. The standard InChI is InChI=1S/C23H35N5O3/c1-17(2)20(27-12-14-31-15-13-27)16-26-23(24-3)25-10-6-7-11-28-21(29)18-8-4-5-9-19(18)22(28)30/h4-5,8-9,17,20H,6-7,10-16H2,1-3H3,(H2,24,25,26). The molecular formula is C23H35N5O3.